The van der Waals surface area contributed by atoms with Gasteiger partial charge in [0, 0.05) is 12.6 Å². The van der Waals surface area contributed by atoms with Gasteiger partial charge in [-0.05, 0) is 30.9 Å². The Bertz CT molecular complexity index is 453. The first-order valence-corrected chi connectivity index (χ1v) is 7.84. The average molecular weight is 315 g/mol. The Balaban J connectivity index is 2.09. The van der Waals surface area contributed by atoms with Crippen LogP contribution in [0.3, 0.4) is 0 Å². The van der Waals surface area contributed by atoms with Crippen molar-refractivity contribution >= 4 is 29.1 Å². The van der Waals surface area contributed by atoms with Crippen molar-refractivity contribution in [3.8, 4) is 0 Å². The zero-order valence-corrected chi connectivity index (χ0v) is 12.9. The van der Waals surface area contributed by atoms with Crippen molar-refractivity contribution in [1.82, 2.24) is 5.32 Å². The summed E-state index contributed by atoms with van der Waals surface area (Å²) >= 11 is 12.1. The zero-order chi connectivity index (χ0) is 14.5. The lowest BCUT2D eigenvalue weighted by Gasteiger charge is -2.30. The maximum Gasteiger partial charge on any atom is 0.254 e. The van der Waals surface area contributed by atoms with E-state index in [9.17, 15) is 4.79 Å². The lowest BCUT2D eigenvalue weighted by molar-refractivity contribution is 0.0916. The number of nitrogens with two attached hydrogens (primary N) is 1. The fraction of sp³-hybridized carbons (Fsp3) is 0.533. The summed E-state index contributed by atoms with van der Waals surface area (Å²) in [4.78, 5) is 12.4. The molecule has 1 aromatic carbocycles. The SMILES string of the molecule is NCC(NC(=O)c1c(Cl)cccc1Cl)C1CCCCC1. The molecule has 1 fully saturated rings. The van der Waals surface area contributed by atoms with Crippen LogP contribution in [0.1, 0.15) is 42.5 Å². The third-order valence-electron chi connectivity index (χ3n) is 3.98. The number of rotatable bonds is 4. The van der Waals surface area contributed by atoms with E-state index in [1.54, 1.807) is 18.2 Å². The first-order chi connectivity index (χ1) is 9.63. The van der Waals surface area contributed by atoms with Crippen LogP contribution in [-0.2, 0) is 0 Å². The molecule has 1 aromatic rings. The molecule has 3 nitrogen and oxygen atoms in total. The van der Waals surface area contributed by atoms with Gasteiger partial charge in [-0.1, -0.05) is 48.5 Å². The molecule has 0 aromatic heterocycles. The fourth-order valence-electron chi connectivity index (χ4n) is 2.86. The Morgan fingerprint density at radius 1 is 1.25 bits per heavy atom. The molecule has 1 atom stereocenters. The van der Waals surface area contributed by atoms with Crippen LogP contribution in [0.5, 0.6) is 0 Å². The number of hydrogen-bond acceptors (Lipinski definition) is 2. The molecule has 1 unspecified atom stereocenters. The molecule has 0 radical (unpaired) electrons. The maximum atomic E-state index is 12.4. The van der Waals surface area contributed by atoms with Gasteiger partial charge in [0.05, 0.1) is 15.6 Å². The summed E-state index contributed by atoms with van der Waals surface area (Å²) in [6, 6.07) is 5.05. The third-order valence-corrected chi connectivity index (χ3v) is 4.61. The first-order valence-electron chi connectivity index (χ1n) is 7.08. The lowest BCUT2D eigenvalue weighted by Crippen LogP contribution is -2.46. The Labute approximate surface area is 129 Å². The van der Waals surface area contributed by atoms with Gasteiger partial charge in [0.25, 0.3) is 5.91 Å². The molecule has 110 valence electrons. The van der Waals surface area contributed by atoms with Gasteiger partial charge in [0.2, 0.25) is 0 Å². The second kappa shape index (κ2) is 7.30. The minimum absolute atomic E-state index is 0.00450. The van der Waals surface area contributed by atoms with Crippen LogP contribution < -0.4 is 11.1 Å². The number of halogens is 2. The number of carbonyl (C=O) groups excluding carboxylic acids is 1. The van der Waals surface area contributed by atoms with Crippen LogP contribution in [-0.4, -0.2) is 18.5 Å². The van der Waals surface area contributed by atoms with Crippen LogP contribution >= 0.6 is 23.2 Å². The predicted molar refractivity (Wildman–Crippen MR) is 83.3 cm³/mol. The van der Waals surface area contributed by atoms with Crippen molar-refractivity contribution in [2.24, 2.45) is 11.7 Å². The van der Waals surface area contributed by atoms with Crippen LogP contribution in [0.25, 0.3) is 0 Å². The summed E-state index contributed by atoms with van der Waals surface area (Å²) in [6.45, 7) is 0.443. The van der Waals surface area contributed by atoms with Crippen LogP contribution in [0.15, 0.2) is 18.2 Å². The van der Waals surface area contributed by atoms with Gasteiger partial charge in [-0.3, -0.25) is 4.79 Å². The van der Waals surface area contributed by atoms with Crippen molar-refractivity contribution in [2.75, 3.05) is 6.54 Å². The van der Waals surface area contributed by atoms with Crippen molar-refractivity contribution in [3.63, 3.8) is 0 Å². The highest BCUT2D eigenvalue weighted by Crippen LogP contribution is 2.28. The molecule has 1 amide bonds. The van der Waals surface area contributed by atoms with Gasteiger partial charge in [0.15, 0.2) is 0 Å². The number of carbonyl (C=O) groups is 1. The minimum atomic E-state index is -0.235. The summed E-state index contributed by atoms with van der Waals surface area (Å²) < 4.78 is 0. The van der Waals surface area contributed by atoms with Gasteiger partial charge < -0.3 is 11.1 Å². The van der Waals surface area contributed by atoms with E-state index in [1.807, 2.05) is 0 Å². The Morgan fingerprint density at radius 2 is 1.85 bits per heavy atom. The van der Waals surface area contributed by atoms with Crippen LogP contribution in [0.2, 0.25) is 10.0 Å². The van der Waals surface area contributed by atoms with Crippen LogP contribution in [0, 0.1) is 5.92 Å². The highest BCUT2D eigenvalue weighted by Gasteiger charge is 2.25. The Kier molecular flexibility index (Phi) is 5.70. The maximum absolute atomic E-state index is 12.4. The zero-order valence-electron chi connectivity index (χ0n) is 11.4. The van der Waals surface area contributed by atoms with E-state index in [1.165, 1.54) is 19.3 Å². The molecule has 20 heavy (non-hydrogen) atoms. The van der Waals surface area contributed by atoms with Crippen LogP contribution in [0.4, 0.5) is 0 Å². The minimum Gasteiger partial charge on any atom is -0.348 e. The van der Waals surface area contributed by atoms with E-state index in [0.717, 1.165) is 12.8 Å². The van der Waals surface area contributed by atoms with Crippen molar-refractivity contribution in [1.29, 1.82) is 0 Å². The smallest absolute Gasteiger partial charge is 0.254 e. The summed E-state index contributed by atoms with van der Waals surface area (Å²) in [5.74, 6) is 0.223. The highest BCUT2D eigenvalue weighted by atomic mass is 35.5. The van der Waals surface area contributed by atoms with Crippen molar-refractivity contribution in [3.05, 3.63) is 33.8 Å². The number of amides is 1. The normalized spacial score (nSPS) is 17.8. The fourth-order valence-corrected chi connectivity index (χ4v) is 3.43. The molecule has 1 aliphatic rings. The van der Waals surface area contributed by atoms with Crippen molar-refractivity contribution < 1.29 is 4.79 Å². The third kappa shape index (κ3) is 3.66. The predicted octanol–water partition coefficient (Wildman–Crippen LogP) is 3.63. The molecule has 0 spiro atoms. The molecule has 0 aliphatic heterocycles. The van der Waals surface area contributed by atoms with Gasteiger partial charge in [-0.2, -0.15) is 0 Å². The second-order valence-corrected chi connectivity index (χ2v) is 6.12. The van der Waals surface area contributed by atoms with E-state index in [0.29, 0.717) is 28.1 Å². The molecule has 0 saturated heterocycles. The summed E-state index contributed by atoms with van der Waals surface area (Å²) in [6.07, 6.45) is 5.95. The molecule has 5 heteroatoms. The molecule has 1 aliphatic carbocycles. The van der Waals surface area contributed by atoms with E-state index < -0.39 is 0 Å². The largest absolute Gasteiger partial charge is 0.348 e. The first kappa shape index (κ1) is 15.6. The molecular formula is C15H20Cl2N2O. The summed E-state index contributed by atoms with van der Waals surface area (Å²) in [5, 5.41) is 3.74. The molecule has 1 saturated carbocycles. The van der Waals surface area contributed by atoms with E-state index in [2.05, 4.69) is 5.32 Å². The topological polar surface area (TPSA) is 55.1 Å². The highest BCUT2D eigenvalue weighted by molar-refractivity contribution is 6.39. The molecule has 0 heterocycles. The van der Waals surface area contributed by atoms with Gasteiger partial charge in [0.1, 0.15) is 0 Å². The van der Waals surface area contributed by atoms with Gasteiger partial charge in [-0.15, -0.1) is 0 Å². The quantitative estimate of drug-likeness (QED) is 0.891. The van der Waals surface area contributed by atoms with E-state index in [-0.39, 0.29) is 11.9 Å². The second-order valence-electron chi connectivity index (χ2n) is 5.31. The molecule has 2 rings (SSSR count). The summed E-state index contributed by atoms with van der Waals surface area (Å²) in [7, 11) is 0. The molecule has 3 N–H and O–H groups in total. The molecular weight excluding hydrogens is 295 g/mol. The number of benzene rings is 1. The standard InChI is InChI=1S/C15H20Cl2N2O/c16-11-7-4-8-12(17)14(11)15(20)19-13(9-18)10-5-2-1-3-6-10/h4,7-8,10,13H,1-3,5-6,9,18H2,(H,19,20). The number of nitrogens with one attached hydrogen (secondary N) is 1. The van der Waals surface area contributed by atoms with Crippen molar-refractivity contribution in [2.45, 2.75) is 38.1 Å². The lowest BCUT2D eigenvalue weighted by atomic mass is 9.84. The Hall–Kier alpha value is -0.770. The number of hydrogen-bond donors (Lipinski definition) is 2. The van der Waals surface area contributed by atoms with E-state index >= 15 is 0 Å². The van der Waals surface area contributed by atoms with Gasteiger partial charge in [-0.25, -0.2) is 0 Å². The van der Waals surface area contributed by atoms with Gasteiger partial charge >= 0.3 is 0 Å². The molecule has 0 bridgehead atoms. The Morgan fingerprint density at radius 3 is 2.40 bits per heavy atom. The monoisotopic (exact) mass is 314 g/mol. The average Bonchev–Trinajstić information content (AvgIpc) is 2.45. The van der Waals surface area contributed by atoms with E-state index in [4.69, 9.17) is 28.9 Å². The summed E-state index contributed by atoms with van der Waals surface area (Å²) in [5.41, 5.74) is 6.16.